The lowest BCUT2D eigenvalue weighted by Crippen LogP contribution is -2.30. The molecule has 0 spiro atoms. The molecule has 0 aliphatic heterocycles. The Bertz CT molecular complexity index is 515. The number of amides is 1. The third-order valence-corrected chi connectivity index (χ3v) is 4.10. The quantitative estimate of drug-likeness (QED) is 0.885. The van der Waals surface area contributed by atoms with Crippen LogP contribution in [0.1, 0.15) is 39.9 Å². The van der Waals surface area contributed by atoms with Gasteiger partial charge in [-0.25, -0.2) is 0 Å². The summed E-state index contributed by atoms with van der Waals surface area (Å²) in [5, 5.41) is 5.14. The molecule has 0 radical (unpaired) electrons. The molecule has 0 saturated carbocycles. The Kier molecular flexibility index (Phi) is 2.73. The van der Waals surface area contributed by atoms with E-state index in [1.54, 1.807) is 23.5 Å². The van der Waals surface area contributed by atoms with Crippen molar-refractivity contribution in [1.29, 1.82) is 0 Å². The van der Waals surface area contributed by atoms with Crippen molar-refractivity contribution >= 4 is 17.2 Å². The van der Waals surface area contributed by atoms with Gasteiger partial charge in [-0.05, 0) is 48.4 Å². The van der Waals surface area contributed by atoms with Crippen LogP contribution in [-0.2, 0) is 6.42 Å². The molecule has 88 valence electrons. The zero-order chi connectivity index (χ0) is 11.7. The molecule has 1 aliphatic rings. The molecule has 0 aromatic carbocycles. The standard InChI is InChI=1S/C13H13NO2S/c15-13(11-4-2-7-16-11)14-10-3-1-5-12-9(10)6-8-17-12/h2,4,6-8,10H,1,3,5H2,(H,14,15). The van der Waals surface area contributed by atoms with E-state index in [9.17, 15) is 4.79 Å². The van der Waals surface area contributed by atoms with Crippen LogP contribution in [-0.4, -0.2) is 5.91 Å². The number of nitrogens with one attached hydrogen (secondary N) is 1. The molecule has 1 amide bonds. The van der Waals surface area contributed by atoms with Gasteiger partial charge in [-0.15, -0.1) is 11.3 Å². The number of carbonyl (C=O) groups excluding carboxylic acids is 1. The van der Waals surface area contributed by atoms with Crippen LogP contribution in [0.5, 0.6) is 0 Å². The Labute approximate surface area is 103 Å². The average molecular weight is 247 g/mol. The van der Waals surface area contributed by atoms with Crippen LogP contribution < -0.4 is 5.32 Å². The molecule has 17 heavy (non-hydrogen) atoms. The molecule has 0 fully saturated rings. The Morgan fingerprint density at radius 1 is 1.47 bits per heavy atom. The summed E-state index contributed by atoms with van der Waals surface area (Å²) in [5.41, 5.74) is 1.28. The summed E-state index contributed by atoms with van der Waals surface area (Å²) in [6.45, 7) is 0. The Balaban J connectivity index is 1.77. The molecule has 1 unspecified atom stereocenters. The highest BCUT2D eigenvalue weighted by Gasteiger charge is 2.23. The number of hydrogen-bond donors (Lipinski definition) is 1. The molecule has 1 N–H and O–H groups in total. The largest absolute Gasteiger partial charge is 0.459 e. The highest BCUT2D eigenvalue weighted by molar-refractivity contribution is 7.10. The van der Waals surface area contributed by atoms with Gasteiger partial charge in [-0.1, -0.05) is 0 Å². The lowest BCUT2D eigenvalue weighted by atomic mass is 9.94. The molecule has 2 aromatic rings. The van der Waals surface area contributed by atoms with Crippen LogP contribution >= 0.6 is 11.3 Å². The highest BCUT2D eigenvalue weighted by atomic mass is 32.1. The second kappa shape index (κ2) is 4.37. The maximum Gasteiger partial charge on any atom is 0.287 e. The Morgan fingerprint density at radius 2 is 2.41 bits per heavy atom. The SMILES string of the molecule is O=C(NC1CCCc2sccc21)c1ccco1. The number of carbonyl (C=O) groups is 1. The van der Waals surface area contributed by atoms with Crippen molar-refractivity contribution in [1.82, 2.24) is 5.32 Å². The fraction of sp³-hybridized carbons (Fsp3) is 0.308. The molecule has 3 rings (SSSR count). The molecule has 2 aromatic heterocycles. The number of hydrogen-bond acceptors (Lipinski definition) is 3. The van der Waals surface area contributed by atoms with E-state index in [2.05, 4.69) is 16.8 Å². The first-order chi connectivity index (χ1) is 8.34. The van der Waals surface area contributed by atoms with Crippen LogP contribution in [0.3, 0.4) is 0 Å². The first kappa shape index (κ1) is 10.6. The molecular weight excluding hydrogens is 234 g/mol. The average Bonchev–Trinajstić information content (AvgIpc) is 3.00. The fourth-order valence-corrected chi connectivity index (χ4v) is 3.26. The first-order valence-electron chi connectivity index (χ1n) is 5.75. The summed E-state index contributed by atoms with van der Waals surface area (Å²) in [4.78, 5) is 13.3. The molecule has 1 atom stereocenters. The van der Waals surface area contributed by atoms with Crippen LogP contribution in [0.2, 0.25) is 0 Å². The van der Waals surface area contributed by atoms with E-state index in [1.165, 1.54) is 16.7 Å². The van der Waals surface area contributed by atoms with E-state index in [0.29, 0.717) is 5.76 Å². The van der Waals surface area contributed by atoms with Crippen molar-refractivity contribution in [3.8, 4) is 0 Å². The van der Waals surface area contributed by atoms with E-state index in [4.69, 9.17) is 4.42 Å². The molecule has 0 bridgehead atoms. The van der Waals surface area contributed by atoms with Gasteiger partial charge >= 0.3 is 0 Å². The second-order valence-electron chi connectivity index (χ2n) is 4.19. The van der Waals surface area contributed by atoms with Crippen molar-refractivity contribution in [2.24, 2.45) is 0 Å². The van der Waals surface area contributed by atoms with Gasteiger partial charge in [0.1, 0.15) is 0 Å². The van der Waals surface area contributed by atoms with Crippen molar-refractivity contribution < 1.29 is 9.21 Å². The van der Waals surface area contributed by atoms with Gasteiger partial charge in [0.25, 0.3) is 5.91 Å². The van der Waals surface area contributed by atoms with Crippen LogP contribution in [0.15, 0.2) is 34.3 Å². The Morgan fingerprint density at radius 3 is 3.24 bits per heavy atom. The van der Waals surface area contributed by atoms with Gasteiger partial charge in [-0.2, -0.15) is 0 Å². The number of thiophene rings is 1. The maximum atomic E-state index is 11.9. The summed E-state index contributed by atoms with van der Waals surface area (Å²) in [6.07, 6.45) is 4.80. The van der Waals surface area contributed by atoms with Gasteiger partial charge in [0, 0.05) is 4.88 Å². The first-order valence-corrected chi connectivity index (χ1v) is 6.63. The highest BCUT2D eigenvalue weighted by Crippen LogP contribution is 2.33. The minimum Gasteiger partial charge on any atom is -0.459 e. The van der Waals surface area contributed by atoms with E-state index in [1.807, 2.05) is 0 Å². The molecule has 0 saturated heterocycles. The molecule has 2 heterocycles. The third kappa shape index (κ3) is 2.00. The number of rotatable bonds is 2. The van der Waals surface area contributed by atoms with Crippen molar-refractivity contribution in [3.63, 3.8) is 0 Å². The van der Waals surface area contributed by atoms with E-state index < -0.39 is 0 Å². The number of furan rings is 1. The van der Waals surface area contributed by atoms with Crippen LogP contribution in [0.4, 0.5) is 0 Å². The summed E-state index contributed by atoms with van der Waals surface area (Å²) in [7, 11) is 0. The molecule has 4 heteroatoms. The van der Waals surface area contributed by atoms with E-state index in [0.717, 1.165) is 19.3 Å². The maximum absolute atomic E-state index is 11.9. The summed E-state index contributed by atoms with van der Waals surface area (Å²) in [5.74, 6) is 0.256. The Hall–Kier alpha value is -1.55. The number of aryl methyl sites for hydroxylation is 1. The normalized spacial score (nSPS) is 18.7. The summed E-state index contributed by atoms with van der Waals surface area (Å²) >= 11 is 1.78. The smallest absolute Gasteiger partial charge is 0.287 e. The predicted octanol–water partition coefficient (Wildman–Crippen LogP) is 3.15. The van der Waals surface area contributed by atoms with Gasteiger partial charge in [0.15, 0.2) is 5.76 Å². The molecule has 3 nitrogen and oxygen atoms in total. The molecule has 1 aliphatic carbocycles. The lowest BCUT2D eigenvalue weighted by molar-refractivity contribution is 0.0905. The van der Waals surface area contributed by atoms with E-state index >= 15 is 0 Å². The zero-order valence-corrected chi connectivity index (χ0v) is 10.1. The second-order valence-corrected chi connectivity index (χ2v) is 5.20. The summed E-state index contributed by atoms with van der Waals surface area (Å²) < 4.78 is 5.10. The summed E-state index contributed by atoms with van der Waals surface area (Å²) in [6, 6.07) is 5.67. The van der Waals surface area contributed by atoms with Crippen molar-refractivity contribution in [3.05, 3.63) is 46.0 Å². The fourth-order valence-electron chi connectivity index (χ4n) is 2.27. The topological polar surface area (TPSA) is 42.2 Å². The van der Waals surface area contributed by atoms with Crippen LogP contribution in [0.25, 0.3) is 0 Å². The lowest BCUT2D eigenvalue weighted by Gasteiger charge is -2.23. The van der Waals surface area contributed by atoms with Crippen molar-refractivity contribution in [2.75, 3.05) is 0 Å². The van der Waals surface area contributed by atoms with Gasteiger partial charge in [-0.3, -0.25) is 4.79 Å². The van der Waals surface area contributed by atoms with Gasteiger partial charge in [0.2, 0.25) is 0 Å². The van der Waals surface area contributed by atoms with E-state index in [-0.39, 0.29) is 11.9 Å². The van der Waals surface area contributed by atoms with Gasteiger partial charge < -0.3 is 9.73 Å². The van der Waals surface area contributed by atoms with Gasteiger partial charge in [0.05, 0.1) is 12.3 Å². The predicted molar refractivity (Wildman–Crippen MR) is 66.2 cm³/mol. The number of fused-ring (bicyclic) bond motifs is 1. The minimum absolute atomic E-state index is 0.126. The third-order valence-electron chi connectivity index (χ3n) is 3.10. The van der Waals surface area contributed by atoms with Crippen LogP contribution in [0, 0.1) is 0 Å². The zero-order valence-electron chi connectivity index (χ0n) is 9.31. The minimum atomic E-state index is -0.126. The monoisotopic (exact) mass is 247 g/mol. The molecular formula is C13H13NO2S. The van der Waals surface area contributed by atoms with Crippen molar-refractivity contribution in [2.45, 2.75) is 25.3 Å².